The lowest BCUT2D eigenvalue weighted by Crippen LogP contribution is -1.73. The Labute approximate surface area is 56.9 Å². The second-order valence-corrected chi connectivity index (χ2v) is 2.35. The number of halogens is 1. The van der Waals surface area contributed by atoms with Crippen LogP contribution in [0.1, 0.15) is 5.56 Å². The first-order chi connectivity index (χ1) is 3.79. The van der Waals surface area contributed by atoms with Crippen LogP contribution in [0.4, 0.5) is 0 Å². The van der Waals surface area contributed by atoms with Gasteiger partial charge in [0.05, 0.1) is 0 Å². The Morgan fingerprint density at radius 2 is 2.25 bits per heavy atom. The molecule has 0 aromatic carbocycles. The van der Waals surface area contributed by atoms with Crippen molar-refractivity contribution in [3.05, 3.63) is 35.4 Å². The predicted octanol–water partition coefficient (Wildman–Crippen LogP) is 1.90. The van der Waals surface area contributed by atoms with Crippen molar-refractivity contribution in [2.45, 2.75) is 0 Å². The third-order valence-corrected chi connectivity index (χ3v) is 1.16. The topological polar surface area (TPSA) is 12.9 Å². The smallest absolute Gasteiger partial charge is 0.0410 e. The maximum Gasteiger partial charge on any atom is 0.0410 e. The Morgan fingerprint density at radius 3 is 2.62 bits per heavy atom. The average molecular weight is 170 g/mol. The van der Waals surface area contributed by atoms with Gasteiger partial charge in [0.2, 0.25) is 0 Å². The molecule has 1 aromatic heterocycles. The SMILES string of the molecule is [CH]c1cncc(Br)c1. The van der Waals surface area contributed by atoms with Crippen LogP contribution < -0.4 is 0 Å². The predicted molar refractivity (Wildman–Crippen MR) is 35.3 cm³/mol. The Balaban J connectivity index is 3.08. The number of hydrogen-bond donors (Lipinski definition) is 0. The first-order valence-corrected chi connectivity index (χ1v) is 2.94. The minimum absolute atomic E-state index is 0.680. The van der Waals surface area contributed by atoms with Gasteiger partial charge in [-0.25, -0.2) is 0 Å². The number of aromatic nitrogens is 1. The van der Waals surface area contributed by atoms with Crippen LogP contribution in [0.2, 0.25) is 0 Å². The quantitative estimate of drug-likeness (QED) is 0.579. The minimum atomic E-state index is 0.680. The summed E-state index contributed by atoms with van der Waals surface area (Å²) in [4.78, 5) is 3.81. The molecule has 1 aromatic rings. The molecule has 1 heterocycles. The van der Waals surface area contributed by atoms with Gasteiger partial charge in [0.25, 0.3) is 0 Å². The third-order valence-electron chi connectivity index (χ3n) is 0.726. The van der Waals surface area contributed by atoms with E-state index in [0.717, 1.165) is 4.47 Å². The van der Waals surface area contributed by atoms with E-state index >= 15 is 0 Å². The molecule has 0 unspecified atom stereocenters. The van der Waals surface area contributed by atoms with E-state index in [4.69, 9.17) is 6.92 Å². The molecule has 0 fully saturated rings. The normalized spacial score (nSPS) is 9.25. The van der Waals surface area contributed by atoms with E-state index in [1.165, 1.54) is 0 Å². The summed E-state index contributed by atoms with van der Waals surface area (Å²) < 4.78 is 0.914. The second-order valence-electron chi connectivity index (χ2n) is 1.44. The van der Waals surface area contributed by atoms with Gasteiger partial charge in [0.15, 0.2) is 0 Å². The monoisotopic (exact) mass is 169 g/mol. The van der Waals surface area contributed by atoms with E-state index in [0.29, 0.717) is 5.56 Å². The van der Waals surface area contributed by atoms with Crippen molar-refractivity contribution in [1.29, 1.82) is 0 Å². The van der Waals surface area contributed by atoms with Crippen LogP contribution in [0.15, 0.2) is 22.9 Å². The van der Waals surface area contributed by atoms with Crippen molar-refractivity contribution in [3.8, 4) is 0 Å². The Hall–Kier alpha value is -0.370. The molecule has 0 aliphatic rings. The molecule has 0 amide bonds. The molecule has 0 atom stereocenters. The zero-order chi connectivity index (χ0) is 5.98. The lowest BCUT2D eigenvalue weighted by Gasteiger charge is -1.87. The summed E-state index contributed by atoms with van der Waals surface area (Å²) in [7, 11) is 0. The van der Waals surface area contributed by atoms with Gasteiger partial charge in [-0.1, -0.05) is 0 Å². The van der Waals surface area contributed by atoms with Crippen molar-refractivity contribution >= 4 is 15.9 Å². The van der Waals surface area contributed by atoms with E-state index in [2.05, 4.69) is 20.9 Å². The molecule has 2 heteroatoms. The van der Waals surface area contributed by atoms with Crippen LogP contribution in [-0.2, 0) is 0 Å². The van der Waals surface area contributed by atoms with Crippen molar-refractivity contribution in [1.82, 2.24) is 4.98 Å². The first kappa shape index (κ1) is 5.76. The maximum absolute atomic E-state index is 5.37. The van der Waals surface area contributed by atoms with E-state index in [9.17, 15) is 0 Å². The number of rotatable bonds is 0. The molecule has 2 radical (unpaired) electrons. The van der Waals surface area contributed by atoms with E-state index in [-0.39, 0.29) is 0 Å². The number of nitrogens with zero attached hydrogens (tertiary/aromatic N) is 1. The van der Waals surface area contributed by atoms with Gasteiger partial charge >= 0.3 is 0 Å². The maximum atomic E-state index is 5.37. The van der Waals surface area contributed by atoms with Gasteiger partial charge in [-0.2, -0.15) is 0 Å². The molecule has 0 bridgehead atoms. The summed E-state index contributed by atoms with van der Waals surface area (Å²) >= 11 is 3.22. The van der Waals surface area contributed by atoms with E-state index in [1.54, 1.807) is 18.5 Å². The fourth-order valence-electron chi connectivity index (χ4n) is 0.428. The van der Waals surface area contributed by atoms with Gasteiger partial charge in [0.1, 0.15) is 0 Å². The zero-order valence-corrected chi connectivity index (χ0v) is 5.72. The highest BCUT2D eigenvalue weighted by molar-refractivity contribution is 9.10. The standard InChI is InChI=1S/C6H4BrN/c1-5-2-6(7)4-8-3-5/h1-4H. The highest BCUT2D eigenvalue weighted by Crippen LogP contribution is 2.07. The number of pyridine rings is 1. The molecule has 0 saturated carbocycles. The molecule has 0 saturated heterocycles. The Kier molecular flexibility index (Phi) is 1.63. The molecule has 0 aliphatic heterocycles. The fourth-order valence-corrected chi connectivity index (χ4v) is 0.811. The van der Waals surface area contributed by atoms with Crippen LogP contribution in [0, 0.1) is 6.92 Å². The van der Waals surface area contributed by atoms with Crippen molar-refractivity contribution in [2.75, 3.05) is 0 Å². The summed E-state index contributed by atoms with van der Waals surface area (Å²) in [5.74, 6) is 0. The van der Waals surface area contributed by atoms with Crippen LogP contribution in [0.3, 0.4) is 0 Å². The van der Waals surface area contributed by atoms with Crippen LogP contribution >= 0.6 is 15.9 Å². The minimum Gasteiger partial charge on any atom is -0.263 e. The second kappa shape index (κ2) is 2.27. The summed E-state index contributed by atoms with van der Waals surface area (Å²) in [5, 5.41) is 0. The molecule has 1 nitrogen and oxygen atoms in total. The van der Waals surface area contributed by atoms with Crippen LogP contribution in [0.5, 0.6) is 0 Å². The van der Waals surface area contributed by atoms with Gasteiger partial charge in [-0.15, -0.1) is 0 Å². The molecule has 8 heavy (non-hydrogen) atoms. The van der Waals surface area contributed by atoms with Gasteiger partial charge in [-0.3, -0.25) is 4.98 Å². The van der Waals surface area contributed by atoms with E-state index < -0.39 is 0 Å². The van der Waals surface area contributed by atoms with Gasteiger partial charge < -0.3 is 0 Å². The zero-order valence-electron chi connectivity index (χ0n) is 4.13. The summed E-state index contributed by atoms with van der Waals surface area (Å²) in [6.07, 6.45) is 3.29. The van der Waals surface area contributed by atoms with Crippen LogP contribution in [-0.4, -0.2) is 4.98 Å². The Morgan fingerprint density at radius 1 is 1.50 bits per heavy atom. The molecule has 0 aliphatic carbocycles. The highest BCUT2D eigenvalue weighted by atomic mass is 79.9. The van der Waals surface area contributed by atoms with Gasteiger partial charge in [0, 0.05) is 23.8 Å². The fraction of sp³-hybridized carbons (Fsp3) is 0. The number of hydrogen-bond acceptors (Lipinski definition) is 1. The molecule has 40 valence electrons. The van der Waals surface area contributed by atoms with Crippen molar-refractivity contribution < 1.29 is 0 Å². The van der Waals surface area contributed by atoms with Crippen molar-refractivity contribution in [2.24, 2.45) is 0 Å². The average Bonchev–Trinajstić information content (AvgIpc) is 1.64. The highest BCUT2D eigenvalue weighted by Gasteiger charge is 1.84. The third kappa shape index (κ3) is 1.30. The largest absolute Gasteiger partial charge is 0.263 e. The first-order valence-electron chi connectivity index (χ1n) is 2.15. The van der Waals surface area contributed by atoms with Crippen molar-refractivity contribution in [3.63, 3.8) is 0 Å². The molecular weight excluding hydrogens is 166 g/mol. The summed E-state index contributed by atoms with van der Waals surface area (Å²) in [6, 6.07) is 1.80. The molecule has 0 N–H and O–H groups in total. The molecule has 1 rings (SSSR count). The van der Waals surface area contributed by atoms with Crippen LogP contribution in [0.25, 0.3) is 0 Å². The molecule has 0 spiro atoms. The lowest BCUT2D eigenvalue weighted by molar-refractivity contribution is 1.29. The van der Waals surface area contributed by atoms with Gasteiger partial charge in [-0.05, 0) is 27.6 Å². The summed E-state index contributed by atoms with van der Waals surface area (Å²) in [6.45, 7) is 5.37. The summed E-state index contributed by atoms with van der Waals surface area (Å²) in [5.41, 5.74) is 0.680. The Bertz CT molecular complexity index is 168. The molecular formula is C6H4BrN. The lowest BCUT2D eigenvalue weighted by atomic mass is 10.3. The van der Waals surface area contributed by atoms with E-state index in [1.807, 2.05) is 0 Å².